The van der Waals surface area contributed by atoms with Crippen LogP contribution in [-0.2, 0) is 0 Å². The van der Waals surface area contributed by atoms with Gasteiger partial charge in [-0.15, -0.1) is 0 Å². The van der Waals surface area contributed by atoms with E-state index in [1.807, 2.05) is 5.57 Å². The third kappa shape index (κ3) is 2.50. The van der Waals surface area contributed by atoms with Crippen LogP contribution in [0.1, 0.15) is 32.1 Å². The topological polar surface area (TPSA) is 0 Å². The number of hydrogen-bond donors (Lipinski definition) is 0. The molecule has 1 fully saturated rings. The van der Waals surface area contributed by atoms with Crippen LogP contribution in [0.4, 0.5) is 0 Å². The fourth-order valence-electron chi connectivity index (χ4n) is 3.05. The Morgan fingerprint density at radius 1 is 1.29 bits per heavy atom. The molecule has 80 valence electrons. The molecule has 1 heteroatoms. The van der Waals surface area contributed by atoms with Crippen LogP contribution < -0.4 is 0 Å². The van der Waals surface area contributed by atoms with Crippen LogP contribution >= 0.6 is 0 Å². The molecular weight excluding hydrogens is 184 g/mol. The zero-order valence-electron chi connectivity index (χ0n) is 9.97. The number of allylic oxidation sites excluding steroid dienone is 2. The molecule has 0 aromatic carbocycles. The van der Waals surface area contributed by atoms with Crippen LogP contribution in [0.5, 0.6) is 0 Å². The van der Waals surface area contributed by atoms with Crippen molar-refractivity contribution in [1.82, 2.24) is 0 Å². The second-order valence-corrected chi connectivity index (χ2v) is 12.0. The molecule has 0 nitrogen and oxygen atoms in total. The second-order valence-electron chi connectivity index (χ2n) is 6.43. The minimum Gasteiger partial charge on any atom is -0.0819 e. The average molecular weight is 208 g/mol. The van der Waals surface area contributed by atoms with Crippen LogP contribution in [0, 0.1) is 11.8 Å². The van der Waals surface area contributed by atoms with Gasteiger partial charge in [0.1, 0.15) is 0 Å². The molecule has 0 aliphatic heterocycles. The van der Waals surface area contributed by atoms with Gasteiger partial charge < -0.3 is 0 Å². The summed E-state index contributed by atoms with van der Waals surface area (Å²) in [6, 6.07) is 1.52. The van der Waals surface area contributed by atoms with Crippen molar-refractivity contribution in [1.29, 1.82) is 0 Å². The van der Waals surface area contributed by atoms with Gasteiger partial charge in [0.05, 0.1) is 0 Å². The Kier molecular flexibility index (Phi) is 2.87. The Bertz CT molecular complexity index is 234. The van der Waals surface area contributed by atoms with Crippen LogP contribution in [0.3, 0.4) is 0 Å². The molecule has 0 aromatic rings. The van der Waals surface area contributed by atoms with Gasteiger partial charge in [-0.25, -0.2) is 0 Å². The predicted molar refractivity (Wildman–Crippen MR) is 66.3 cm³/mol. The van der Waals surface area contributed by atoms with E-state index in [0.29, 0.717) is 0 Å². The van der Waals surface area contributed by atoms with Crippen molar-refractivity contribution in [2.24, 2.45) is 11.8 Å². The maximum Gasteiger partial charge on any atom is 0.0442 e. The monoisotopic (exact) mass is 208 g/mol. The van der Waals surface area contributed by atoms with E-state index in [-0.39, 0.29) is 0 Å². The van der Waals surface area contributed by atoms with Gasteiger partial charge in [-0.3, -0.25) is 0 Å². The molecule has 2 unspecified atom stereocenters. The van der Waals surface area contributed by atoms with E-state index in [1.165, 1.54) is 38.1 Å². The highest BCUT2D eigenvalue weighted by molar-refractivity contribution is 6.76. The molecule has 0 radical (unpaired) electrons. The summed E-state index contributed by atoms with van der Waals surface area (Å²) in [5, 5.41) is 0. The van der Waals surface area contributed by atoms with Crippen molar-refractivity contribution in [3.63, 3.8) is 0 Å². The lowest BCUT2D eigenvalue weighted by molar-refractivity contribution is 0.620. The summed E-state index contributed by atoms with van der Waals surface area (Å²) >= 11 is 0. The Morgan fingerprint density at radius 2 is 2.07 bits per heavy atom. The molecule has 1 saturated carbocycles. The minimum absolute atomic E-state index is 0.777. The van der Waals surface area contributed by atoms with E-state index in [4.69, 9.17) is 0 Å². The standard InChI is InChI=1S/C13H24Si/c1-14(2,3)8-4-5-12-9-11-6-7-13(12)10-11/h9,11,13H,4-8,10H2,1-3H3. The highest BCUT2D eigenvalue weighted by Crippen LogP contribution is 2.45. The van der Waals surface area contributed by atoms with Crippen LogP contribution in [0.25, 0.3) is 0 Å². The summed E-state index contributed by atoms with van der Waals surface area (Å²) < 4.78 is 0. The molecule has 0 amide bonds. The summed E-state index contributed by atoms with van der Waals surface area (Å²) in [6.07, 6.45) is 9.99. The molecular formula is C13H24Si. The molecule has 0 heterocycles. The molecule has 0 N–H and O–H groups in total. The number of rotatable bonds is 4. The highest BCUT2D eigenvalue weighted by atomic mass is 28.3. The zero-order chi connectivity index (χ0) is 10.2. The Morgan fingerprint density at radius 3 is 2.57 bits per heavy atom. The summed E-state index contributed by atoms with van der Waals surface area (Å²) in [7, 11) is -0.777. The first-order valence-corrected chi connectivity index (χ1v) is 9.96. The largest absolute Gasteiger partial charge is 0.0819 e. The third-order valence-corrected chi connectivity index (χ3v) is 5.69. The molecule has 0 spiro atoms. The van der Waals surface area contributed by atoms with Gasteiger partial charge in [-0.05, 0) is 37.5 Å². The molecule has 2 atom stereocenters. The van der Waals surface area contributed by atoms with Gasteiger partial charge in [0.15, 0.2) is 0 Å². The first kappa shape index (κ1) is 10.5. The summed E-state index contributed by atoms with van der Waals surface area (Å²) in [4.78, 5) is 0. The predicted octanol–water partition coefficient (Wildman–Crippen LogP) is 4.46. The van der Waals surface area contributed by atoms with E-state index in [9.17, 15) is 0 Å². The zero-order valence-corrected chi connectivity index (χ0v) is 11.0. The normalized spacial score (nSPS) is 30.9. The van der Waals surface area contributed by atoms with E-state index >= 15 is 0 Å². The van der Waals surface area contributed by atoms with Crippen LogP contribution in [-0.4, -0.2) is 8.07 Å². The van der Waals surface area contributed by atoms with Crippen molar-refractivity contribution < 1.29 is 0 Å². The van der Waals surface area contributed by atoms with Gasteiger partial charge in [-0.1, -0.05) is 43.8 Å². The third-order valence-electron chi connectivity index (χ3n) is 3.84. The lowest BCUT2D eigenvalue weighted by atomic mass is 9.95. The van der Waals surface area contributed by atoms with Gasteiger partial charge in [0, 0.05) is 8.07 Å². The molecule has 2 bridgehead atoms. The summed E-state index contributed by atoms with van der Waals surface area (Å²) in [6.45, 7) is 7.46. The van der Waals surface area contributed by atoms with Gasteiger partial charge >= 0.3 is 0 Å². The molecule has 0 saturated heterocycles. The first-order chi connectivity index (χ1) is 6.54. The molecule has 2 aliphatic carbocycles. The second kappa shape index (κ2) is 3.84. The lowest BCUT2D eigenvalue weighted by Gasteiger charge is -2.18. The van der Waals surface area contributed by atoms with E-state index in [0.717, 1.165) is 11.8 Å². The van der Waals surface area contributed by atoms with E-state index in [1.54, 1.807) is 0 Å². The highest BCUT2D eigenvalue weighted by Gasteiger charge is 2.32. The van der Waals surface area contributed by atoms with Crippen molar-refractivity contribution in [3.05, 3.63) is 11.6 Å². The Labute approximate surface area is 89.8 Å². The smallest absolute Gasteiger partial charge is 0.0442 e. The van der Waals surface area contributed by atoms with E-state index < -0.39 is 8.07 Å². The quantitative estimate of drug-likeness (QED) is 0.472. The maximum absolute atomic E-state index is 2.61. The fraction of sp³-hybridized carbons (Fsp3) is 0.846. The lowest BCUT2D eigenvalue weighted by Crippen LogP contribution is -2.18. The van der Waals surface area contributed by atoms with Crippen LogP contribution in [0.15, 0.2) is 11.6 Å². The maximum atomic E-state index is 2.61. The Balaban J connectivity index is 1.75. The van der Waals surface area contributed by atoms with Crippen LogP contribution in [0.2, 0.25) is 25.7 Å². The van der Waals surface area contributed by atoms with Gasteiger partial charge in [0.2, 0.25) is 0 Å². The SMILES string of the molecule is C[Si](C)(C)CCCC1=CC2CCC1C2. The van der Waals surface area contributed by atoms with Crippen molar-refractivity contribution in [3.8, 4) is 0 Å². The molecule has 14 heavy (non-hydrogen) atoms. The summed E-state index contributed by atoms with van der Waals surface area (Å²) in [5.41, 5.74) is 1.83. The van der Waals surface area contributed by atoms with Crippen molar-refractivity contribution in [2.75, 3.05) is 0 Å². The minimum atomic E-state index is -0.777. The van der Waals surface area contributed by atoms with Crippen molar-refractivity contribution in [2.45, 2.75) is 57.8 Å². The van der Waals surface area contributed by atoms with Crippen molar-refractivity contribution >= 4 is 8.07 Å². The first-order valence-electron chi connectivity index (χ1n) is 6.25. The molecule has 0 aromatic heterocycles. The Hall–Kier alpha value is -0.0431. The molecule has 2 rings (SSSR count). The molecule has 2 aliphatic rings. The van der Waals surface area contributed by atoms with Gasteiger partial charge in [-0.2, -0.15) is 0 Å². The van der Waals surface area contributed by atoms with E-state index in [2.05, 4.69) is 25.7 Å². The fourth-order valence-corrected chi connectivity index (χ4v) is 4.29. The van der Waals surface area contributed by atoms with Gasteiger partial charge in [0.25, 0.3) is 0 Å². The number of hydrogen-bond acceptors (Lipinski definition) is 0. The summed E-state index contributed by atoms with van der Waals surface area (Å²) in [5.74, 6) is 2.00. The average Bonchev–Trinajstić information content (AvgIpc) is 2.62. The number of fused-ring (bicyclic) bond motifs is 2.